The summed E-state index contributed by atoms with van der Waals surface area (Å²) in [5, 5.41) is 0.971. The molecule has 0 spiro atoms. The second kappa shape index (κ2) is 8.58. The van der Waals surface area contributed by atoms with E-state index in [1.807, 2.05) is 30.3 Å². The SMILES string of the molecule is c1ccc2c(c1)Sc1ccccc1N2c1cc(-c2nc3ccccc3o2)cc(-c2nc3ccccc3s2)c1. The normalized spacial score (nSPS) is 12.6. The van der Waals surface area contributed by atoms with Gasteiger partial charge in [0.25, 0.3) is 0 Å². The van der Waals surface area contributed by atoms with Crippen LogP contribution in [0.2, 0.25) is 0 Å². The Hall–Kier alpha value is -4.39. The summed E-state index contributed by atoms with van der Waals surface area (Å²) in [5.41, 5.74) is 7.93. The van der Waals surface area contributed by atoms with E-state index in [9.17, 15) is 0 Å². The van der Waals surface area contributed by atoms with Gasteiger partial charge in [0, 0.05) is 26.6 Å². The Morgan fingerprint density at radius 1 is 0.605 bits per heavy atom. The van der Waals surface area contributed by atoms with Gasteiger partial charge in [0.2, 0.25) is 5.89 Å². The van der Waals surface area contributed by atoms with E-state index in [0.717, 1.165) is 49.8 Å². The Morgan fingerprint density at radius 2 is 1.26 bits per heavy atom. The number of aromatic nitrogens is 2. The van der Waals surface area contributed by atoms with Crippen molar-refractivity contribution in [3.8, 4) is 22.0 Å². The molecule has 0 fully saturated rings. The first-order valence-corrected chi connectivity index (χ1v) is 14.0. The highest BCUT2D eigenvalue weighted by molar-refractivity contribution is 7.99. The number of benzene rings is 5. The molecule has 1 aliphatic rings. The second-order valence-electron chi connectivity index (χ2n) is 9.11. The first-order valence-electron chi connectivity index (χ1n) is 12.3. The monoisotopic (exact) mass is 525 g/mol. The molecule has 0 saturated carbocycles. The van der Waals surface area contributed by atoms with E-state index in [4.69, 9.17) is 14.4 Å². The van der Waals surface area contributed by atoms with Crippen LogP contribution in [-0.4, -0.2) is 9.97 Å². The van der Waals surface area contributed by atoms with Crippen LogP contribution in [0.3, 0.4) is 0 Å². The van der Waals surface area contributed by atoms with E-state index in [1.54, 1.807) is 23.1 Å². The quantitative estimate of drug-likeness (QED) is 0.230. The molecule has 0 aliphatic carbocycles. The molecular formula is C32H19N3OS2. The number of para-hydroxylation sites is 5. The lowest BCUT2D eigenvalue weighted by molar-refractivity contribution is 0.620. The minimum Gasteiger partial charge on any atom is -0.436 e. The predicted molar refractivity (Wildman–Crippen MR) is 157 cm³/mol. The highest BCUT2D eigenvalue weighted by Gasteiger charge is 2.26. The van der Waals surface area contributed by atoms with Crippen LogP contribution in [0.15, 0.2) is 129 Å². The third kappa shape index (κ3) is 3.53. The molecular weight excluding hydrogens is 507 g/mol. The van der Waals surface area contributed by atoms with Crippen LogP contribution in [0.25, 0.3) is 43.3 Å². The summed E-state index contributed by atoms with van der Waals surface area (Å²) >= 11 is 3.51. The van der Waals surface area contributed by atoms with Gasteiger partial charge < -0.3 is 9.32 Å². The summed E-state index contributed by atoms with van der Waals surface area (Å²) in [5.74, 6) is 0.600. The van der Waals surface area contributed by atoms with Gasteiger partial charge in [0.1, 0.15) is 10.5 Å². The van der Waals surface area contributed by atoms with Crippen molar-refractivity contribution >= 4 is 61.5 Å². The lowest BCUT2D eigenvalue weighted by Crippen LogP contribution is -2.14. The number of rotatable bonds is 3. The summed E-state index contributed by atoms with van der Waals surface area (Å²) < 4.78 is 7.40. The lowest BCUT2D eigenvalue weighted by atomic mass is 10.1. The smallest absolute Gasteiger partial charge is 0.227 e. The Balaban J connectivity index is 1.39. The molecule has 6 heteroatoms. The third-order valence-electron chi connectivity index (χ3n) is 6.69. The minimum atomic E-state index is 0.600. The number of fused-ring (bicyclic) bond motifs is 4. The Kier molecular flexibility index (Phi) is 4.90. The molecule has 0 bridgehead atoms. The number of thiazole rings is 1. The van der Waals surface area contributed by atoms with Gasteiger partial charge in [-0.15, -0.1) is 11.3 Å². The summed E-state index contributed by atoms with van der Waals surface area (Å²) in [6, 6.07) is 39.8. The van der Waals surface area contributed by atoms with Crippen molar-refractivity contribution in [1.82, 2.24) is 9.97 Å². The van der Waals surface area contributed by atoms with Crippen LogP contribution in [0.5, 0.6) is 0 Å². The lowest BCUT2D eigenvalue weighted by Gasteiger charge is -2.33. The van der Waals surface area contributed by atoms with Crippen molar-refractivity contribution in [3.05, 3.63) is 115 Å². The molecule has 4 nitrogen and oxygen atoms in total. The summed E-state index contributed by atoms with van der Waals surface area (Å²) in [6.07, 6.45) is 0. The number of hydrogen-bond donors (Lipinski definition) is 0. The zero-order valence-electron chi connectivity index (χ0n) is 20.0. The Labute approximate surface area is 227 Å². The zero-order valence-corrected chi connectivity index (χ0v) is 21.7. The van der Waals surface area contributed by atoms with Gasteiger partial charge in [0.15, 0.2) is 5.58 Å². The molecule has 7 aromatic rings. The van der Waals surface area contributed by atoms with Crippen LogP contribution < -0.4 is 4.90 Å². The number of anilines is 3. The molecule has 2 aromatic heterocycles. The molecule has 0 radical (unpaired) electrons. The van der Waals surface area contributed by atoms with Crippen LogP contribution in [0.1, 0.15) is 0 Å². The largest absolute Gasteiger partial charge is 0.436 e. The molecule has 0 unspecified atom stereocenters. The molecule has 0 saturated heterocycles. The van der Waals surface area contributed by atoms with E-state index in [-0.39, 0.29) is 0 Å². The summed E-state index contributed by atoms with van der Waals surface area (Å²) in [4.78, 5) is 14.6. The minimum absolute atomic E-state index is 0.600. The van der Waals surface area contributed by atoms with Crippen LogP contribution in [0.4, 0.5) is 17.1 Å². The van der Waals surface area contributed by atoms with Crippen molar-refractivity contribution in [2.24, 2.45) is 0 Å². The maximum absolute atomic E-state index is 6.23. The molecule has 1 aliphatic heterocycles. The summed E-state index contributed by atoms with van der Waals surface area (Å²) in [7, 11) is 0. The van der Waals surface area contributed by atoms with Crippen molar-refractivity contribution in [3.63, 3.8) is 0 Å². The van der Waals surface area contributed by atoms with Crippen molar-refractivity contribution < 1.29 is 4.42 Å². The molecule has 180 valence electrons. The van der Waals surface area contributed by atoms with Gasteiger partial charge in [0.05, 0.1) is 21.6 Å². The van der Waals surface area contributed by atoms with Gasteiger partial charge in [-0.05, 0) is 66.7 Å². The van der Waals surface area contributed by atoms with E-state index < -0.39 is 0 Å². The van der Waals surface area contributed by atoms with E-state index in [1.165, 1.54) is 14.5 Å². The van der Waals surface area contributed by atoms with Crippen molar-refractivity contribution in [2.75, 3.05) is 4.90 Å². The van der Waals surface area contributed by atoms with E-state index in [0.29, 0.717) is 5.89 Å². The Bertz CT molecular complexity index is 1790. The predicted octanol–water partition coefficient (Wildman–Crippen LogP) is 9.71. The van der Waals surface area contributed by atoms with Gasteiger partial charge in [-0.3, -0.25) is 0 Å². The first-order chi connectivity index (χ1) is 18.8. The average Bonchev–Trinajstić information content (AvgIpc) is 3.60. The molecule has 0 N–H and O–H groups in total. The van der Waals surface area contributed by atoms with Crippen LogP contribution in [0, 0.1) is 0 Å². The van der Waals surface area contributed by atoms with E-state index >= 15 is 0 Å². The average molecular weight is 526 g/mol. The van der Waals surface area contributed by atoms with E-state index in [2.05, 4.69) is 89.8 Å². The molecule has 38 heavy (non-hydrogen) atoms. The molecule has 8 rings (SSSR count). The maximum Gasteiger partial charge on any atom is 0.227 e. The highest BCUT2D eigenvalue weighted by atomic mass is 32.2. The van der Waals surface area contributed by atoms with Crippen molar-refractivity contribution in [2.45, 2.75) is 9.79 Å². The number of hydrogen-bond acceptors (Lipinski definition) is 6. The molecule has 3 heterocycles. The molecule has 0 amide bonds. The Morgan fingerprint density at radius 3 is 2.03 bits per heavy atom. The second-order valence-corrected chi connectivity index (χ2v) is 11.2. The standard InChI is InChI=1S/C32H19N3OS2/c1-5-13-27-23(9-1)33-31(36-27)20-17-21(32-34-24-10-2-6-14-28(24)38-32)19-22(18-20)35-25-11-3-7-15-29(25)37-30-16-8-4-12-26(30)35/h1-19H. The van der Waals surface area contributed by atoms with Gasteiger partial charge >= 0.3 is 0 Å². The third-order valence-corrected chi connectivity index (χ3v) is 8.91. The maximum atomic E-state index is 6.23. The fraction of sp³-hybridized carbons (Fsp3) is 0. The van der Waals surface area contributed by atoms with Gasteiger partial charge in [-0.1, -0.05) is 60.3 Å². The topological polar surface area (TPSA) is 42.2 Å². The highest BCUT2D eigenvalue weighted by Crippen LogP contribution is 2.52. The molecule has 5 aromatic carbocycles. The first kappa shape index (κ1) is 21.7. The summed E-state index contributed by atoms with van der Waals surface area (Å²) in [6.45, 7) is 0. The van der Waals surface area contributed by atoms with Crippen LogP contribution in [-0.2, 0) is 0 Å². The van der Waals surface area contributed by atoms with Gasteiger partial charge in [-0.25, -0.2) is 9.97 Å². The zero-order chi connectivity index (χ0) is 25.1. The fourth-order valence-electron chi connectivity index (χ4n) is 4.96. The number of oxazole rings is 1. The van der Waals surface area contributed by atoms with Crippen molar-refractivity contribution in [1.29, 1.82) is 0 Å². The van der Waals surface area contributed by atoms with Crippen LogP contribution >= 0.6 is 23.1 Å². The number of nitrogens with zero attached hydrogens (tertiary/aromatic N) is 3. The van der Waals surface area contributed by atoms with Gasteiger partial charge in [-0.2, -0.15) is 0 Å². The molecule has 0 atom stereocenters. The fourth-order valence-corrected chi connectivity index (χ4v) is 6.97.